The van der Waals surface area contributed by atoms with Crippen molar-refractivity contribution in [2.45, 2.75) is 24.7 Å². The van der Waals surface area contributed by atoms with Gasteiger partial charge in [0.2, 0.25) is 0 Å². The molecule has 0 aromatic rings. The van der Waals surface area contributed by atoms with Gasteiger partial charge in [0, 0.05) is 6.42 Å². The van der Waals surface area contributed by atoms with E-state index in [2.05, 4.69) is 4.84 Å². The lowest BCUT2D eigenvalue weighted by molar-refractivity contribution is -0.759. The molecule has 0 amide bonds. The summed E-state index contributed by atoms with van der Waals surface area (Å²) in [6, 6.07) is 0. The third kappa shape index (κ3) is 2.31. The third-order valence-corrected chi connectivity index (χ3v) is 1.60. The second kappa shape index (κ2) is 3.68. The molecule has 3 atom stereocenters. The third-order valence-electron chi connectivity index (χ3n) is 1.60. The molecule has 0 unspecified atom stereocenters. The van der Waals surface area contributed by atoms with Gasteiger partial charge >= 0.3 is 0 Å². The Balaban J connectivity index is 2.28. The molecule has 1 aliphatic rings. The second-order valence-electron chi connectivity index (χ2n) is 2.54. The first-order valence-corrected chi connectivity index (χ1v) is 3.46. The van der Waals surface area contributed by atoms with Crippen LogP contribution in [0.25, 0.3) is 0 Å². The van der Waals surface area contributed by atoms with Crippen molar-refractivity contribution in [2.75, 3.05) is 6.61 Å². The summed E-state index contributed by atoms with van der Waals surface area (Å²) in [6.07, 6.45) is -1.74. The largest absolute Gasteiger partial charge is 0.390 e. The number of rotatable bonds is 3. The molecule has 2 radical (unpaired) electrons. The highest BCUT2D eigenvalue weighted by Gasteiger charge is 2.32. The molecule has 1 rings (SSSR count). The standard InChI is InChI=1S/C6H9NO5/c1-4-2-5(8)6(12-4)3-11-7(9)10/h1,4-6,8H,2-3H2/t4-,5+,6+/m0/s1. The maximum Gasteiger partial charge on any atom is 0.294 e. The van der Waals surface area contributed by atoms with E-state index in [-0.39, 0.29) is 13.0 Å². The molecule has 0 spiro atoms. The van der Waals surface area contributed by atoms with Crippen molar-refractivity contribution in [3.63, 3.8) is 0 Å². The molecular formula is C6H9NO5. The molecule has 1 aliphatic heterocycles. The van der Waals surface area contributed by atoms with E-state index in [1.807, 2.05) is 0 Å². The first-order chi connectivity index (χ1) is 5.59. The van der Waals surface area contributed by atoms with Crippen LogP contribution in [0.4, 0.5) is 0 Å². The number of hydrogen-bond donors (Lipinski definition) is 1. The smallest absolute Gasteiger partial charge is 0.294 e. The lowest BCUT2D eigenvalue weighted by Gasteiger charge is -2.11. The van der Waals surface area contributed by atoms with Crippen LogP contribution in [0.15, 0.2) is 0 Å². The van der Waals surface area contributed by atoms with Gasteiger partial charge < -0.3 is 14.7 Å². The van der Waals surface area contributed by atoms with Crippen molar-refractivity contribution >= 4 is 0 Å². The minimum absolute atomic E-state index is 0.276. The Labute approximate surface area is 69.2 Å². The van der Waals surface area contributed by atoms with Gasteiger partial charge in [-0.05, 0) is 6.92 Å². The van der Waals surface area contributed by atoms with Gasteiger partial charge in [0.15, 0.2) is 0 Å². The Morgan fingerprint density at radius 3 is 2.92 bits per heavy atom. The van der Waals surface area contributed by atoms with Crippen molar-refractivity contribution in [1.29, 1.82) is 0 Å². The molecule has 0 aromatic heterocycles. The van der Waals surface area contributed by atoms with E-state index < -0.39 is 23.4 Å². The predicted octanol–water partition coefficient (Wildman–Crippen LogP) is -0.576. The maximum atomic E-state index is 9.76. The number of ether oxygens (including phenoxy) is 1. The highest BCUT2D eigenvalue weighted by molar-refractivity contribution is 4.82. The van der Waals surface area contributed by atoms with Crippen molar-refractivity contribution in [1.82, 2.24) is 0 Å². The average molecular weight is 175 g/mol. The van der Waals surface area contributed by atoms with E-state index in [4.69, 9.17) is 16.8 Å². The minimum Gasteiger partial charge on any atom is -0.390 e. The fourth-order valence-corrected chi connectivity index (χ4v) is 1.05. The van der Waals surface area contributed by atoms with Crippen LogP contribution in [-0.2, 0) is 9.57 Å². The van der Waals surface area contributed by atoms with Crippen molar-refractivity contribution in [3.05, 3.63) is 17.0 Å². The van der Waals surface area contributed by atoms with Gasteiger partial charge in [-0.25, -0.2) is 0 Å². The van der Waals surface area contributed by atoms with E-state index in [0.717, 1.165) is 0 Å². The van der Waals surface area contributed by atoms with Gasteiger partial charge in [-0.15, -0.1) is 10.1 Å². The SMILES string of the molecule is [CH][C@H]1C[C@@H](O)[C@@H](CO[N+](=O)[O-])O1. The maximum absolute atomic E-state index is 9.76. The Bertz CT molecular complexity index is 173. The predicted molar refractivity (Wildman–Crippen MR) is 36.5 cm³/mol. The van der Waals surface area contributed by atoms with Crippen LogP contribution in [-0.4, -0.2) is 35.1 Å². The Hall–Kier alpha value is -0.880. The van der Waals surface area contributed by atoms with Crippen molar-refractivity contribution in [3.8, 4) is 0 Å². The first kappa shape index (κ1) is 9.21. The molecule has 0 saturated carbocycles. The van der Waals surface area contributed by atoms with Crippen molar-refractivity contribution in [2.24, 2.45) is 0 Å². The van der Waals surface area contributed by atoms with E-state index >= 15 is 0 Å². The number of aliphatic hydroxyl groups excluding tert-OH is 1. The average Bonchev–Trinajstić information content (AvgIpc) is 2.26. The molecule has 1 N–H and O–H groups in total. The molecular weight excluding hydrogens is 166 g/mol. The molecule has 1 heterocycles. The number of aliphatic hydroxyl groups is 1. The molecule has 68 valence electrons. The monoisotopic (exact) mass is 175 g/mol. The van der Waals surface area contributed by atoms with Gasteiger partial charge in [-0.2, -0.15) is 0 Å². The minimum atomic E-state index is -0.931. The Morgan fingerprint density at radius 2 is 2.50 bits per heavy atom. The first-order valence-electron chi connectivity index (χ1n) is 3.46. The second-order valence-corrected chi connectivity index (χ2v) is 2.54. The number of nitrogens with zero attached hydrogens (tertiary/aromatic N) is 1. The zero-order valence-electron chi connectivity index (χ0n) is 6.25. The van der Waals surface area contributed by atoms with Gasteiger partial charge in [-0.1, -0.05) is 0 Å². The van der Waals surface area contributed by atoms with Crippen LogP contribution in [0.1, 0.15) is 6.42 Å². The zero-order valence-corrected chi connectivity index (χ0v) is 6.25. The summed E-state index contributed by atoms with van der Waals surface area (Å²) in [5.41, 5.74) is 0. The number of hydrogen-bond acceptors (Lipinski definition) is 5. The summed E-state index contributed by atoms with van der Waals surface area (Å²) in [5, 5.41) is 18.0. The zero-order chi connectivity index (χ0) is 9.14. The molecule has 12 heavy (non-hydrogen) atoms. The fraction of sp³-hybridized carbons (Fsp3) is 0.833. The molecule has 0 aromatic carbocycles. The fourth-order valence-electron chi connectivity index (χ4n) is 1.05. The molecule has 1 fully saturated rings. The van der Waals surface area contributed by atoms with E-state index in [1.54, 1.807) is 0 Å². The van der Waals surface area contributed by atoms with Crippen LogP contribution < -0.4 is 0 Å². The van der Waals surface area contributed by atoms with Gasteiger partial charge in [0.25, 0.3) is 5.09 Å². The van der Waals surface area contributed by atoms with E-state index in [0.29, 0.717) is 0 Å². The van der Waals surface area contributed by atoms with Gasteiger partial charge in [-0.3, -0.25) is 0 Å². The summed E-state index contributed by atoms with van der Waals surface area (Å²) in [7, 11) is 0. The topological polar surface area (TPSA) is 81.8 Å². The summed E-state index contributed by atoms with van der Waals surface area (Å²) < 4.78 is 4.92. The molecule has 6 heteroatoms. The van der Waals surface area contributed by atoms with Gasteiger partial charge in [0.05, 0.1) is 12.2 Å². The summed E-state index contributed by atoms with van der Waals surface area (Å²) in [5.74, 6) is 0. The summed E-state index contributed by atoms with van der Waals surface area (Å²) in [6.45, 7) is 5.04. The summed E-state index contributed by atoms with van der Waals surface area (Å²) in [4.78, 5) is 13.8. The van der Waals surface area contributed by atoms with Crippen LogP contribution >= 0.6 is 0 Å². The van der Waals surface area contributed by atoms with E-state index in [1.165, 1.54) is 0 Å². The van der Waals surface area contributed by atoms with E-state index in [9.17, 15) is 10.1 Å². The molecule has 0 bridgehead atoms. The van der Waals surface area contributed by atoms with Gasteiger partial charge in [0.1, 0.15) is 12.7 Å². The quantitative estimate of drug-likeness (QED) is 0.458. The lowest BCUT2D eigenvalue weighted by Crippen LogP contribution is -2.27. The highest BCUT2D eigenvalue weighted by atomic mass is 17.0. The van der Waals surface area contributed by atoms with Crippen molar-refractivity contribution < 1.29 is 19.8 Å². The van der Waals surface area contributed by atoms with Crippen LogP contribution in [0.2, 0.25) is 0 Å². The highest BCUT2D eigenvalue weighted by Crippen LogP contribution is 2.19. The Kier molecular flexibility index (Phi) is 2.83. The molecule has 1 saturated heterocycles. The normalized spacial score (nSPS) is 35.0. The van der Waals surface area contributed by atoms with Crippen LogP contribution in [0.5, 0.6) is 0 Å². The Morgan fingerprint density at radius 1 is 1.83 bits per heavy atom. The summed E-state index contributed by atoms with van der Waals surface area (Å²) >= 11 is 0. The van der Waals surface area contributed by atoms with Crippen LogP contribution in [0, 0.1) is 17.0 Å². The molecule has 0 aliphatic carbocycles. The van der Waals surface area contributed by atoms with Crippen LogP contribution in [0.3, 0.4) is 0 Å². The molecule has 6 nitrogen and oxygen atoms in total. The lowest BCUT2D eigenvalue weighted by atomic mass is 10.1.